The number of nitrogens with zero attached hydrogens (tertiary/aromatic N) is 1. The van der Waals surface area contributed by atoms with Crippen LogP contribution in [0.3, 0.4) is 0 Å². The zero-order valence-electron chi connectivity index (χ0n) is 9.37. The molecule has 0 bridgehead atoms. The molecular formula is C10H16BrN3OS. The van der Waals surface area contributed by atoms with Crippen molar-refractivity contribution in [3.63, 3.8) is 0 Å². The monoisotopic (exact) mass is 305 g/mol. The first-order valence-corrected chi connectivity index (χ1v) is 6.62. The molecule has 4 nitrogen and oxygen atoms in total. The Morgan fingerprint density at radius 1 is 1.75 bits per heavy atom. The van der Waals surface area contributed by atoms with Gasteiger partial charge in [0.2, 0.25) is 5.91 Å². The second-order valence-corrected chi connectivity index (χ2v) is 6.16. The lowest BCUT2D eigenvalue weighted by atomic mass is 10.1. The van der Waals surface area contributed by atoms with Gasteiger partial charge in [-0.2, -0.15) is 0 Å². The zero-order valence-corrected chi connectivity index (χ0v) is 11.8. The fraction of sp³-hybridized carbons (Fsp3) is 0.500. The molecule has 1 aromatic rings. The van der Waals surface area contributed by atoms with Crippen molar-refractivity contribution in [3.05, 3.63) is 20.8 Å². The summed E-state index contributed by atoms with van der Waals surface area (Å²) >= 11 is 5.09. The maximum Gasteiger partial charge on any atom is 0.237 e. The van der Waals surface area contributed by atoms with E-state index in [1.54, 1.807) is 11.3 Å². The molecule has 0 spiro atoms. The van der Waals surface area contributed by atoms with E-state index in [4.69, 9.17) is 5.84 Å². The molecule has 1 heterocycles. The van der Waals surface area contributed by atoms with Gasteiger partial charge in [-0.1, -0.05) is 6.92 Å². The number of carbonyl (C=O) groups excluding carboxylic acids is 1. The van der Waals surface area contributed by atoms with E-state index >= 15 is 0 Å². The van der Waals surface area contributed by atoms with Crippen LogP contribution >= 0.6 is 27.3 Å². The Morgan fingerprint density at radius 2 is 2.44 bits per heavy atom. The minimum absolute atomic E-state index is 0.0999. The molecule has 3 N–H and O–H groups in total. The lowest BCUT2D eigenvalue weighted by Crippen LogP contribution is -2.39. The van der Waals surface area contributed by atoms with Gasteiger partial charge in [-0.05, 0) is 40.0 Å². The lowest BCUT2D eigenvalue weighted by molar-refractivity contribution is -0.125. The van der Waals surface area contributed by atoms with Crippen LogP contribution in [0.4, 0.5) is 0 Å². The normalized spacial score (nSPS) is 12.8. The van der Waals surface area contributed by atoms with Crippen molar-refractivity contribution in [2.24, 2.45) is 11.8 Å². The first-order chi connectivity index (χ1) is 7.52. The third-order valence-corrected chi connectivity index (χ3v) is 3.80. The molecule has 0 aliphatic heterocycles. The predicted octanol–water partition coefficient (Wildman–Crippen LogP) is 1.57. The topological polar surface area (TPSA) is 58.4 Å². The van der Waals surface area contributed by atoms with E-state index in [0.29, 0.717) is 6.54 Å². The fourth-order valence-corrected chi connectivity index (χ4v) is 2.70. The highest BCUT2D eigenvalue weighted by Gasteiger charge is 2.14. The minimum atomic E-state index is -0.127. The van der Waals surface area contributed by atoms with Crippen molar-refractivity contribution in [1.82, 2.24) is 10.3 Å². The van der Waals surface area contributed by atoms with Gasteiger partial charge in [0.05, 0.1) is 3.79 Å². The highest BCUT2D eigenvalue weighted by atomic mass is 79.9. The molecule has 1 rings (SSSR count). The van der Waals surface area contributed by atoms with Crippen LogP contribution in [0.5, 0.6) is 0 Å². The minimum Gasteiger partial charge on any atom is -0.301 e. The van der Waals surface area contributed by atoms with E-state index in [9.17, 15) is 4.79 Å². The van der Waals surface area contributed by atoms with E-state index in [-0.39, 0.29) is 11.8 Å². The first-order valence-electron chi connectivity index (χ1n) is 4.95. The van der Waals surface area contributed by atoms with Crippen molar-refractivity contribution in [2.75, 3.05) is 13.6 Å². The molecule has 90 valence electrons. The molecule has 0 saturated carbocycles. The molecular weight excluding hydrogens is 290 g/mol. The van der Waals surface area contributed by atoms with E-state index in [2.05, 4.69) is 37.7 Å². The van der Waals surface area contributed by atoms with Crippen LogP contribution in [0.25, 0.3) is 0 Å². The van der Waals surface area contributed by atoms with Crippen LogP contribution in [0.15, 0.2) is 15.2 Å². The molecule has 1 unspecified atom stereocenters. The molecule has 1 atom stereocenters. The first kappa shape index (κ1) is 13.6. The zero-order chi connectivity index (χ0) is 12.1. The summed E-state index contributed by atoms with van der Waals surface area (Å²) in [5.41, 5.74) is 3.42. The molecule has 0 aliphatic rings. The van der Waals surface area contributed by atoms with Gasteiger partial charge in [0.1, 0.15) is 0 Å². The summed E-state index contributed by atoms with van der Waals surface area (Å²) in [4.78, 5) is 13.3. The summed E-state index contributed by atoms with van der Waals surface area (Å²) in [5.74, 6) is 4.86. The van der Waals surface area contributed by atoms with Gasteiger partial charge in [-0.15, -0.1) is 11.3 Å². The molecule has 0 aromatic carbocycles. The van der Waals surface area contributed by atoms with E-state index in [1.807, 2.05) is 14.0 Å². The van der Waals surface area contributed by atoms with Crippen molar-refractivity contribution in [2.45, 2.75) is 13.5 Å². The third-order valence-electron chi connectivity index (χ3n) is 2.25. The maximum atomic E-state index is 11.2. The molecule has 0 saturated heterocycles. The van der Waals surface area contributed by atoms with Gasteiger partial charge in [-0.25, -0.2) is 5.84 Å². The standard InChI is InChI=1S/C10H16BrN3OS/c1-7(10(15)13-12)4-14(2)5-8-3-9(11)16-6-8/h3,6-7H,4-5,12H2,1-2H3,(H,13,15). The Morgan fingerprint density at radius 3 is 2.94 bits per heavy atom. The Labute approximate surface area is 108 Å². The van der Waals surface area contributed by atoms with Crippen molar-refractivity contribution in [3.8, 4) is 0 Å². The van der Waals surface area contributed by atoms with Crippen LogP contribution in [-0.4, -0.2) is 24.4 Å². The number of carbonyl (C=O) groups is 1. The number of rotatable bonds is 5. The van der Waals surface area contributed by atoms with Gasteiger partial charge in [-0.3, -0.25) is 10.2 Å². The molecule has 0 fully saturated rings. The second-order valence-electron chi connectivity index (χ2n) is 3.87. The third kappa shape index (κ3) is 4.21. The van der Waals surface area contributed by atoms with Gasteiger partial charge >= 0.3 is 0 Å². The highest BCUT2D eigenvalue weighted by Crippen LogP contribution is 2.21. The van der Waals surface area contributed by atoms with Crippen LogP contribution in [0.2, 0.25) is 0 Å². The van der Waals surface area contributed by atoms with E-state index in [0.717, 1.165) is 10.3 Å². The van der Waals surface area contributed by atoms with Gasteiger partial charge < -0.3 is 4.90 Å². The number of amides is 1. The molecule has 16 heavy (non-hydrogen) atoms. The Balaban J connectivity index is 2.41. The average Bonchev–Trinajstić information content (AvgIpc) is 2.62. The molecule has 0 aliphatic carbocycles. The Bertz CT molecular complexity index is 356. The Kier molecular flexibility index (Phi) is 5.40. The predicted molar refractivity (Wildman–Crippen MR) is 69.8 cm³/mol. The largest absolute Gasteiger partial charge is 0.301 e. The summed E-state index contributed by atoms with van der Waals surface area (Å²) in [6, 6.07) is 2.09. The number of halogens is 1. The summed E-state index contributed by atoms with van der Waals surface area (Å²) in [7, 11) is 1.99. The maximum absolute atomic E-state index is 11.2. The van der Waals surface area contributed by atoms with E-state index in [1.165, 1.54) is 5.56 Å². The number of hydrogen-bond acceptors (Lipinski definition) is 4. The second kappa shape index (κ2) is 6.34. The number of thiophene rings is 1. The lowest BCUT2D eigenvalue weighted by Gasteiger charge is -2.19. The van der Waals surface area contributed by atoms with Gasteiger partial charge in [0, 0.05) is 19.0 Å². The number of hydrogen-bond donors (Lipinski definition) is 2. The van der Waals surface area contributed by atoms with E-state index < -0.39 is 0 Å². The van der Waals surface area contributed by atoms with Crippen molar-refractivity contribution >= 4 is 33.2 Å². The Hall–Kier alpha value is -0.430. The summed E-state index contributed by atoms with van der Waals surface area (Å²) in [6.45, 7) is 3.39. The molecule has 1 amide bonds. The number of nitrogens with one attached hydrogen (secondary N) is 1. The fourth-order valence-electron chi connectivity index (χ4n) is 1.50. The summed E-state index contributed by atoms with van der Waals surface area (Å²) in [6.07, 6.45) is 0. The SMILES string of the molecule is CC(CN(C)Cc1csc(Br)c1)C(=O)NN. The smallest absolute Gasteiger partial charge is 0.237 e. The molecule has 6 heteroatoms. The van der Waals surface area contributed by atoms with Crippen LogP contribution in [0.1, 0.15) is 12.5 Å². The number of nitrogens with two attached hydrogens (primary N) is 1. The molecule has 0 radical (unpaired) electrons. The van der Waals surface area contributed by atoms with Crippen LogP contribution in [-0.2, 0) is 11.3 Å². The number of hydrazine groups is 1. The van der Waals surface area contributed by atoms with Gasteiger partial charge in [0.15, 0.2) is 0 Å². The van der Waals surface area contributed by atoms with Gasteiger partial charge in [0.25, 0.3) is 0 Å². The summed E-state index contributed by atoms with van der Waals surface area (Å²) < 4.78 is 1.13. The van der Waals surface area contributed by atoms with Crippen LogP contribution < -0.4 is 11.3 Å². The quantitative estimate of drug-likeness (QED) is 0.493. The molecule has 1 aromatic heterocycles. The van der Waals surface area contributed by atoms with Crippen molar-refractivity contribution in [1.29, 1.82) is 0 Å². The van der Waals surface area contributed by atoms with Crippen LogP contribution in [0, 0.1) is 5.92 Å². The average molecular weight is 306 g/mol. The van der Waals surface area contributed by atoms with Crippen molar-refractivity contribution < 1.29 is 4.79 Å². The highest BCUT2D eigenvalue weighted by molar-refractivity contribution is 9.11. The summed E-state index contributed by atoms with van der Waals surface area (Å²) in [5, 5.41) is 2.11.